The van der Waals surface area contributed by atoms with E-state index in [1.165, 1.54) is 45.3 Å². The number of hydrogen-bond acceptors (Lipinski definition) is 3. The first-order valence-electron chi connectivity index (χ1n) is 7.08. The Morgan fingerprint density at radius 3 is 2.65 bits per heavy atom. The van der Waals surface area contributed by atoms with E-state index in [9.17, 15) is 0 Å². The Morgan fingerprint density at radius 1 is 1.35 bits per heavy atom. The molecule has 102 valence electrons. The van der Waals surface area contributed by atoms with Crippen LogP contribution in [0.15, 0.2) is 0 Å². The first-order valence-corrected chi connectivity index (χ1v) is 7.08. The number of piperidine rings is 1. The minimum Gasteiger partial charge on any atom is -0.330 e. The lowest BCUT2D eigenvalue weighted by atomic mass is 9.77. The second-order valence-corrected chi connectivity index (χ2v) is 6.21. The van der Waals surface area contributed by atoms with Gasteiger partial charge >= 0.3 is 0 Å². The Bertz CT molecular complexity index is 212. The van der Waals surface area contributed by atoms with Crippen LogP contribution in [0.1, 0.15) is 39.5 Å². The Balaban J connectivity index is 2.46. The van der Waals surface area contributed by atoms with E-state index in [-0.39, 0.29) is 0 Å². The standard InChI is InChI=1S/C14H31N3/c1-14(2)13(8-9-15)7-5-11-17(14)12-6-10-16(3)4/h13H,5-12,15H2,1-4H3. The quantitative estimate of drug-likeness (QED) is 0.769. The molecular weight excluding hydrogens is 210 g/mol. The summed E-state index contributed by atoms with van der Waals surface area (Å²) in [4.78, 5) is 4.95. The van der Waals surface area contributed by atoms with Gasteiger partial charge in [-0.25, -0.2) is 0 Å². The summed E-state index contributed by atoms with van der Waals surface area (Å²) >= 11 is 0. The van der Waals surface area contributed by atoms with Crippen LogP contribution < -0.4 is 5.73 Å². The molecule has 1 atom stereocenters. The third-order valence-electron chi connectivity index (χ3n) is 4.34. The van der Waals surface area contributed by atoms with Gasteiger partial charge in [-0.1, -0.05) is 0 Å². The zero-order chi connectivity index (χ0) is 12.9. The highest BCUT2D eigenvalue weighted by Gasteiger charge is 2.37. The van der Waals surface area contributed by atoms with E-state index in [1.54, 1.807) is 0 Å². The van der Waals surface area contributed by atoms with Crippen LogP contribution in [-0.4, -0.2) is 55.6 Å². The Labute approximate surface area is 107 Å². The molecule has 0 spiro atoms. The average molecular weight is 241 g/mol. The molecule has 0 bridgehead atoms. The van der Waals surface area contributed by atoms with Crippen LogP contribution in [0.3, 0.4) is 0 Å². The van der Waals surface area contributed by atoms with Crippen molar-refractivity contribution in [3.63, 3.8) is 0 Å². The molecule has 0 saturated carbocycles. The van der Waals surface area contributed by atoms with Crippen LogP contribution >= 0.6 is 0 Å². The molecule has 1 rings (SSSR count). The number of nitrogens with zero attached hydrogens (tertiary/aromatic N) is 2. The van der Waals surface area contributed by atoms with Crippen molar-refractivity contribution < 1.29 is 0 Å². The molecule has 0 amide bonds. The molecule has 0 radical (unpaired) electrons. The predicted molar refractivity (Wildman–Crippen MR) is 75.2 cm³/mol. The zero-order valence-corrected chi connectivity index (χ0v) is 12.2. The maximum absolute atomic E-state index is 5.74. The molecule has 0 aromatic carbocycles. The molecule has 3 heteroatoms. The second-order valence-electron chi connectivity index (χ2n) is 6.21. The first-order chi connectivity index (χ1) is 7.98. The Morgan fingerprint density at radius 2 is 2.06 bits per heavy atom. The van der Waals surface area contributed by atoms with Crippen LogP contribution in [0.25, 0.3) is 0 Å². The van der Waals surface area contributed by atoms with Gasteiger partial charge in [0, 0.05) is 5.54 Å². The molecule has 1 aliphatic heterocycles. The van der Waals surface area contributed by atoms with Gasteiger partial charge in [0.25, 0.3) is 0 Å². The van der Waals surface area contributed by atoms with E-state index in [1.807, 2.05) is 0 Å². The van der Waals surface area contributed by atoms with Gasteiger partial charge in [-0.05, 0) is 85.7 Å². The summed E-state index contributed by atoms with van der Waals surface area (Å²) in [6.45, 7) is 9.33. The third-order valence-corrected chi connectivity index (χ3v) is 4.34. The Kier molecular flexibility index (Phi) is 5.90. The topological polar surface area (TPSA) is 32.5 Å². The molecule has 1 heterocycles. The molecule has 1 saturated heterocycles. The molecule has 2 N–H and O–H groups in total. The lowest BCUT2D eigenvalue weighted by Crippen LogP contribution is -2.54. The van der Waals surface area contributed by atoms with Crippen LogP contribution in [0.2, 0.25) is 0 Å². The maximum atomic E-state index is 5.74. The normalized spacial score (nSPS) is 25.4. The van der Waals surface area contributed by atoms with Crippen LogP contribution in [-0.2, 0) is 0 Å². The fourth-order valence-corrected chi connectivity index (χ4v) is 3.10. The number of hydrogen-bond donors (Lipinski definition) is 1. The third kappa shape index (κ3) is 4.23. The molecule has 3 nitrogen and oxygen atoms in total. The number of likely N-dealkylation sites (tertiary alicyclic amines) is 1. The van der Waals surface area contributed by atoms with Crippen molar-refractivity contribution in [3.05, 3.63) is 0 Å². The summed E-state index contributed by atoms with van der Waals surface area (Å²) in [5.41, 5.74) is 6.08. The van der Waals surface area contributed by atoms with Crippen molar-refractivity contribution in [3.8, 4) is 0 Å². The van der Waals surface area contributed by atoms with E-state index in [0.29, 0.717) is 5.54 Å². The minimum absolute atomic E-state index is 0.337. The van der Waals surface area contributed by atoms with Gasteiger partial charge in [0.15, 0.2) is 0 Å². The molecule has 0 aliphatic carbocycles. The molecule has 1 aliphatic rings. The largest absolute Gasteiger partial charge is 0.330 e. The fraction of sp³-hybridized carbons (Fsp3) is 1.00. The van der Waals surface area contributed by atoms with Crippen LogP contribution in [0, 0.1) is 5.92 Å². The first kappa shape index (κ1) is 14.9. The second kappa shape index (κ2) is 6.72. The summed E-state index contributed by atoms with van der Waals surface area (Å²) < 4.78 is 0. The monoisotopic (exact) mass is 241 g/mol. The van der Waals surface area contributed by atoms with Crippen LogP contribution in [0.5, 0.6) is 0 Å². The van der Waals surface area contributed by atoms with Gasteiger partial charge in [0.2, 0.25) is 0 Å². The van der Waals surface area contributed by atoms with Gasteiger partial charge in [-0.15, -0.1) is 0 Å². The average Bonchev–Trinajstić information content (AvgIpc) is 2.23. The van der Waals surface area contributed by atoms with E-state index in [2.05, 4.69) is 37.7 Å². The zero-order valence-electron chi connectivity index (χ0n) is 12.2. The SMILES string of the molecule is CN(C)CCCN1CCCC(CCN)C1(C)C. The minimum atomic E-state index is 0.337. The molecule has 1 unspecified atom stereocenters. The Hall–Kier alpha value is -0.120. The van der Waals surface area contributed by atoms with Gasteiger partial charge < -0.3 is 10.6 Å². The van der Waals surface area contributed by atoms with Gasteiger partial charge in [0.05, 0.1) is 0 Å². The highest BCUT2D eigenvalue weighted by Crippen LogP contribution is 2.35. The lowest BCUT2D eigenvalue weighted by molar-refractivity contribution is 0.0172. The molecule has 0 aromatic rings. The van der Waals surface area contributed by atoms with E-state index >= 15 is 0 Å². The lowest BCUT2D eigenvalue weighted by Gasteiger charge is -2.48. The van der Waals surface area contributed by atoms with Gasteiger partial charge in [-0.2, -0.15) is 0 Å². The van der Waals surface area contributed by atoms with Crippen molar-refractivity contribution in [2.75, 3.05) is 40.3 Å². The smallest absolute Gasteiger partial charge is 0.0181 e. The van der Waals surface area contributed by atoms with E-state index in [4.69, 9.17) is 5.73 Å². The molecular formula is C14H31N3. The summed E-state index contributed by atoms with van der Waals surface area (Å²) in [6, 6.07) is 0. The summed E-state index contributed by atoms with van der Waals surface area (Å²) in [6.07, 6.45) is 5.15. The van der Waals surface area contributed by atoms with Crippen molar-refractivity contribution in [1.82, 2.24) is 9.80 Å². The number of rotatable bonds is 6. The maximum Gasteiger partial charge on any atom is 0.0181 e. The van der Waals surface area contributed by atoms with Gasteiger partial charge in [0.1, 0.15) is 0 Å². The predicted octanol–water partition coefficient (Wildman–Crippen LogP) is 1.78. The van der Waals surface area contributed by atoms with Crippen molar-refractivity contribution >= 4 is 0 Å². The van der Waals surface area contributed by atoms with E-state index in [0.717, 1.165) is 12.5 Å². The molecule has 1 fully saturated rings. The highest BCUT2D eigenvalue weighted by molar-refractivity contribution is 4.92. The summed E-state index contributed by atoms with van der Waals surface area (Å²) in [5, 5.41) is 0. The number of nitrogens with two attached hydrogens (primary N) is 1. The summed E-state index contributed by atoms with van der Waals surface area (Å²) in [7, 11) is 4.30. The molecule has 0 aromatic heterocycles. The fourth-order valence-electron chi connectivity index (χ4n) is 3.10. The van der Waals surface area contributed by atoms with E-state index < -0.39 is 0 Å². The van der Waals surface area contributed by atoms with Gasteiger partial charge in [-0.3, -0.25) is 4.90 Å². The highest BCUT2D eigenvalue weighted by atomic mass is 15.2. The van der Waals surface area contributed by atoms with Crippen molar-refractivity contribution in [2.24, 2.45) is 11.7 Å². The summed E-state index contributed by atoms with van der Waals surface area (Å²) in [5.74, 6) is 0.778. The van der Waals surface area contributed by atoms with Crippen LogP contribution in [0.4, 0.5) is 0 Å². The van der Waals surface area contributed by atoms with Crippen molar-refractivity contribution in [2.45, 2.75) is 45.1 Å². The molecule has 17 heavy (non-hydrogen) atoms. The van der Waals surface area contributed by atoms with Crippen molar-refractivity contribution in [1.29, 1.82) is 0 Å².